The molecule has 1 fully saturated rings. The fourth-order valence-electron chi connectivity index (χ4n) is 3.26. The van der Waals surface area contributed by atoms with Crippen molar-refractivity contribution in [1.82, 2.24) is 25.4 Å². The minimum absolute atomic E-state index is 0. The molecule has 0 saturated carbocycles. The smallest absolute Gasteiger partial charge is 0.191 e. The molecule has 8 heteroatoms. The van der Waals surface area contributed by atoms with Crippen molar-refractivity contribution in [3.05, 3.63) is 11.6 Å². The van der Waals surface area contributed by atoms with E-state index in [2.05, 4.69) is 42.2 Å². The number of thioether (sulfide) groups is 1. The van der Waals surface area contributed by atoms with Crippen LogP contribution < -0.4 is 10.6 Å². The fraction of sp³-hybridized carbons (Fsp3) is 0.812. The topological polar surface area (TPSA) is 67.1 Å². The molecule has 6 nitrogen and oxygen atoms in total. The molecule has 0 amide bonds. The zero-order chi connectivity index (χ0) is 15.9. The lowest BCUT2D eigenvalue weighted by Crippen LogP contribution is -2.41. The Labute approximate surface area is 166 Å². The summed E-state index contributed by atoms with van der Waals surface area (Å²) in [5.41, 5.74) is 0. The summed E-state index contributed by atoms with van der Waals surface area (Å²) in [6.45, 7) is 2.92. The fourth-order valence-corrected chi connectivity index (χ4v) is 4.46. The van der Waals surface area contributed by atoms with Crippen molar-refractivity contribution in [1.29, 1.82) is 0 Å². The zero-order valence-electron chi connectivity index (χ0n) is 14.5. The van der Waals surface area contributed by atoms with Gasteiger partial charge in [-0.3, -0.25) is 4.99 Å². The first kappa shape index (κ1) is 19.8. The number of guanidine groups is 1. The normalized spacial score (nSPS) is 20.9. The third-order valence-electron chi connectivity index (χ3n) is 4.57. The van der Waals surface area contributed by atoms with Gasteiger partial charge in [0.25, 0.3) is 0 Å². The van der Waals surface area contributed by atoms with Crippen LogP contribution in [0.5, 0.6) is 0 Å². The second kappa shape index (κ2) is 10.5. The summed E-state index contributed by atoms with van der Waals surface area (Å²) >= 11 is 2.07. The molecule has 1 unspecified atom stereocenters. The van der Waals surface area contributed by atoms with Gasteiger partial charge in [0, 0.05) is 44.8 Å². The molecule has 3 rings (SSSR count). The van der Waals surface area contributed by atoms with E-state index in [0.29, 0.717) is 0 Å². The molecule has 3 heterocycles. The molecule has 0 aliphatic carbocycles. The van der Waals surface area contributed by atoms with E-state index in [9.17, 15) is 0 Å². The van der Waals surface area contributed by atoms with E-state index in [4.69, 9.17) is 0 Å². The van der Waals surface area contributed by atoms with Gasteiger partial charge in [-0.25, -0.2) is 0 Å². The highest BCUT2D eigenvalue weighted by atomic mass is 127. The number of hydrogen-bond acceptors (Lipinski definition) is 4. The second-order valence-electron chi connectivity index (χ2n) is 6.26. The Morgan fingerprint density at radius 1 is 1.25 bits per heavy atom. The van der Waals surface area contributed by atoms with Gasteiger partial charge in [0.2, 0.25) is 0 Å². The molecule has 1 saturated heterocycles. The summed E-state index contributed by atoms with van der Waals surface area (Å²) < 4.78 is 2.32. The van der Waals surface area contributed by atoms with Gasteiger partial charge in [0.15, 0.2) is 5.96 Å². The van der Waals surface area contributed by atoms with Crippen molar-refractivity contribution in [2.24, 2.45) is 4.99 Å². The average Bonchev–Trinajstić information content (AvgIpc) is 3.16. The summed E-state index contributed by atoms with van der Waals surface area (Å²) in [7, 11) is 1.83. The summed E-state index contributed by atoms with van der Waals surface area (Å²) in [5, 5.41) is 16.3. The molecule has 24 heavy (non-hydrogen) atoms. The van der Waals surface area contributed by atoms with Crippen LogP contribution in [0.3, 0.4) is 0 Å². The molecule has 0 bridgehead atoms. The molecule has 0 spiro atoms. The Balaban J connectivity index is 0.00000208. The number of aryl methyl sites for hydroxylation is 1. The van der Waals surface area contributed by atoms with Gasteiger partial charge in [-0.1, -0.05) is 6.42 Å². The predicted molar refractivity (Wildman–Crippen MR) is 112 cm³/mol. The van der Waals surface area contributed by atoms with Crippen LogP contribution in [-0.2, 0) is 19.4 Å². The molecule has 2 aliphatic heterocycles. The zero-order valence-corrected chi connectivity index (χ0v) is 17.6. The van der Waals surface area contributed by atoms with E-state index in [1.165, 1.54) is 43.7 Å². The van der Waals surface area contributed by atoms with Crippen molar-refractivity contribution in [2.75, 3.05) is 25.9 Å². The first-order chi connectivity index (χ1) is 11.4. The molecule has 136 valence electrons. The molecular weight excluding hydrogens is 435 g/mol. The first-order valence-electron chi connectivity index (χ1n) is 8.84. The van der Waals surface area contributed by atoms with Crippen LogP contribution in [0.4, 0.5) is 0 Å². The van der Waals surface area contributed by atoms with E-state index < -0.39 is 0 Å². The van der Waals surface area contributed by atoms with Crippen LogP contribution >= 0.6 is 35.7 Å². The highest BCUT2D eigenvalue weighted by molar-refractivity contribution is 14.0. The van der Waals surface area contributed by atoms with Gasteiger partial charge in [0.05, 0.1) is 0 Å². The molecule has 0 aromatic carbocycles. The number of rotatable bonds is 5. The molecular formula is C16H29IN6S. The Morgan fingerprint density at radius 3 is 2.96 bits per heavy atom. The lowest BCUT2D eigenvalue weighted by molar-refractivity contribution is 0.600. The third kappa shape index (κ3) is 5.50. The van der Waals surface area contributed by atoms with Gasteiger partial charge in [0.1, 0.15) is 11.6 Å². The van der Waals surface area contributed by atoms with Crippen LogP contribution in [-0.4, -0.2) is 51.9 Å². The minimum atomic E-state index is 0. The van der Waals surface area contributed by atoms with Gasteiger partial charge in [-0.2, -0.15) is 11.8 Å². The average molecular weight is 464 g/mol. The lowest BCUT2D eigenvalue weighted by atomic mass is 10.2. The minimum Gasteiger partial charge on any atom is -0.356 e. The maximum absolute atomic E-state index is 4.38. The third-order valence-corrected chi connectivity index (χ3v) is 5.97. The number of hydrogen-bond donors (Lipinski definition) is 2. The van der Waals surface area contributed by atoms with E-state index in [0.717, 1.165) is 49.5 Å². The highest BCUT2D eigenvalue weighted by Gasteiger charge is 2.16. The summed E-state index contributed by atoms with van der Waals surface area (Å²) in [4.78, 5) is 4.31. The van der Waals surface area contributed by atoms with Crippen LogP contribution in [0.15, 0.2) is 4.99 Å². The first-order valence-corrected chi connectivity index (χ1v) is 9.89. The number of nitrogens with zero attached hydrogens (tertiary/aromatic N) is 4. The largest absolute Gasteiger partial charge is 0.356 e. The lowest BCUT2D eigenvalue weighted by Gasteiger charge is -2.15. The highest BCUT2D eigenvalue weighted by Crippen LogP contribution is 2.25. The van der Waals surface area contributed by atoms with Gasteiger partial charge in [-0.05, 0) is 31.4 Å². The monoisotopic (exact) mass is 464 g/mol. The maximum Gasteiger partial charge on any atom is 0.191 e. The van der Waals surface area contributed by atoms with E-state index in [1.807, 2.05) is 7.05 Å². The molecule has 1 aromatic rings. The molecule has 2 aliphatic rings. The number of aliphatic imine (C=N–C) groups is 1. The second-order valence-corrected chi connectivity index (χ2v) is 7.67. The van der Waals surface area contributed by atoms with Gasteiger partial charge >= 0.3 is 0 Å². The van der Waals surface area contributed by atoms with Crippen LogP contribution in [0.1, 0.15) is 43.8 Å². The van der Waals surface area contributed by atoms with Crippen molar-refractivity contribution in [2.45, 2.75) is 56.7 Å². The Hall–Kier alpha value is -0.510. The molecule has 1 aromatic heterocycles. The molecule has 1 atom stereocenters. The Bertz CT molecular complexity index is 527. The number of halogens is 1. The maximum atomic E-state index is 4.38. The number of fused-ring (bicyclic) bond motifs is 1. The van der Waals surface area contributed by atoms with E-state index >= 15 is 0 Å². The molecule has 2 N–H and O–H groups in total. The molecule has 0 radical (unpaired) electrons. The summed E-state index contributed by atoms with van der Waals surface area (Å²) in [6.07, 6.45) is 8.42. The van der Waals surface area contributed by atoms with Crippen molar-refractivity contribution < 1.29 is 0 Å². The van der Waals surface area contributed by atoms with Crippen molar-refractivity contribution in [3.8, 4) is 0 Å². The predicted octanol–water partition coefficient (Wildman–Crippen LogP) is 2.23. The summed E-state index contributed by atoms with van der Waals surface area (Å²) in [5.74, 6) is 4.47. The number of aromatic nitrogens is 3. The summed E-state index contributed by atoms with van der Waals surface area (Å²) in [6, 6.07) is 0. The van der Waals surface area contributed by atoms with Gasteiger partial charge < -0.3 is 15.2 Å². The van der Waals surface area contributed by atoms with Crippen LogP contribution in [0.2, 0.25) is 0 Å². The quantitative estimate of drug-likeness (QED) is 0.398. The van der Waals surface area contributed by atoms with E-state index in [-0.39, 0.29) is 24.0 Å². The van der Waals surface area contributed by atoms with Crippen molar-refractivity contribution in [3.63, 3.8) is 0 Å². The van der Waals surface area contributed by atoms with E-state index in [1.54, 1.807) is 0 Å². The Kier molecular flexibility index (Phi) is 8.65. The standard InChI is InChI=1S/C16H28N6S.HI/c1-17-16(19-12-13-6-5-11-23-13)18-9-8-15-21-20-14-7-3-2-4-10-22(14)15;/h13H,2-12H2,1H3,(H2,17,18,19);1H. The van der Waals surface area contributed by atoms with Crippen LogP contribution in [0, 0.1) is 0 Å². The van der Waals surface area contributed by atoms with Crippen molar-refractivity contribution >= 4 is 41.7 Å². The SMILES string of the molecule is CN=C(NCCc1nnc2n1CCCCC2)NCC1CCCS1.I. The number of nitrogens with one attached hydrogen (secondary N) is 2. The van der Waals surface area contributed by atoms with Crippen LogP contribution in [0.25, 0.3) is 0 Å². The van der Waals surface area contributed by atoms with Gasteiger partial charge in [-0.15, -0.1) is 34.2 Å². The Morgan fingerprint density at radius 2 is 2.17 bits per heavy atom.